The molecule has 0 fully saturated rings. The summed E-state index contributed by atoms with van der Waals surface area (Å²) in [5.74, 6) is -0.170. The molecule has 0 heterocycles. The Morgan fingerprint density at radius 2 is 1.90 bits per heavy atom. The maximum Gasteiger partial charge on any atom is 0.315 e. The first-order chi connectivity index (χ1) is 4.66. The molecule has 10 heavy (non-hydrogen) atoms. The Morgan fingerprint density at radius 3 is 2.30 bits per heavy atom. The number of hydrogen-bond acceptors (Lipinski definition) is 2. The van der Waals surface area contributed by atoms with Gasteiger partial charge in [-0.05, 0) is 0 Å². The van der Waals surface area contributed by atoms with Crippen molar-refractivity contribution in [3.63, 3.8) is 0 Å². The summed E-state index contributed by atoms with van der Waals surface area (Å²) in [6, 6.07) is -0.311. The van der Waals surface area contributed by atoms with Gasteiger partial charge >= 0.3 is 6.03 Å². The summed E-state index contributed by atoms with van der Waals surface area (Å²) in [5.41, 5.74) is 0. The zero-order valence-electron chi connectivity index (χ0n) is 6.02. The lowest BCUT2D eigenvalue weighted by molar-refractivity contribution is -0.118. The molecule has 0 aliphatic carbocycles. The van der Waals surface area contributed by atoms with Crippen molar-refractivity contribution in [3.8, 4) is 0 Å². The second-order valence-corrected chi connectivity index (χ2v) is 1.67. The van der Waals surface area contributed by atoms with E-state index in [1.54, 1.807) is 0 Å². The van der Waals surface area contributed by atoms with Crippen LogP contribution in [-0.4, -0.2) is 25.7 Å². The smallest absolute Gasteiger partial charge is 0.315 e. The van der Waals surface area contributed by atoms with Gasteiger partial charge in [-0.1, -0.05) is 0 Å². The van der Waals surface area contributed by atoms with Crippen molar-refractivity contribution in [2.24, 2.45) is 0 Å². The number of amides is 3. The number of nitrogens with one attached hydrogen (secondary N) is 3. The van der Waals surface area contributed by atoms with E-state index in [-0.39, 0.29) is 18.6 Å². The molecule has 0 unspecified atom stereocenters. The Bertz CT molecular complexity index is 135. The highest BCUT2D eigenvalue weighted by atomic mass is 16.2. The molecule has 0 aliphatic rings. The monoisotopic (exact) mass is 145 g/mol. The number of hydrogen-bond donors (Lipinski definition) is 3. The van der Waals surface area contributed by atoms with Crippen LogP contribution in [0.5, 0.6) is 0 Å². The highest BCUT2D eigenvalue weighted by Gasteiger charge is 1.93. The highest BCUT2D eigenvalue weighted by Crippen LogP contribution is 1.59. The third-order valence-corrected chi connectivity index (χ3v) is 0.813. The van der Waals surface area contributed by atoms with Crippen LogP contribution < -0.4 is 16.0 Å². The molecule has 5 nitrogen and oxygen atoms in total. The number of carbonyl (C=O) groups excluding carboxylic acids is 2. The molecule has 3 amide bonds. The van der Waals surface area contributed by atoms with Crippen molar-refractivity contribution in [1.82, 2.24) is 16.0 Å². The van der Waals surface area contributed by atoms with Crippen LogP contribution in [0.2, 0.25) is 0 Å². The molecule has 5 heteroatoms. The number of carbonyl (C=O) groups is 2. The van der Waals surface area contributed by atoms with Crippen LogP contribution in [0, 0.1) is 0 Å². The molecule has 0 aromatic heterocycles. The fourth-order valence-electron chi connectivity index (χ4n) is 0.337. The minimum Gasteiger partial charge on any atom is -0.341 e. The fraction of sp³-hybridized carbons (Fsp3) is 0.600. The quantitative estimate of drug-likeness (QED) is 0.436. The molecule has 0 rings (SSSR count). The van der Waals surface area contributed by atoms with Gasteiger partial charge < -0.3 is 16.0 Å². The maximum absolute atomic E-state index is 10.4. The Morgan fingerprint density at radius 1 is 1.30 bits per heavy atom. The summed E-state index contributed by atoms with van der Waals surface area (Å²) in [4.78, 5) is 20.7. The van der Waals surface area contributed by atoms with Gasteiger partial charge in [0, 0.05) is 14.0 Å². The lowest BCUT2D eigenvalue weighted by Crippen LogP contribution is -2.40. The van der Waals surface area contributed by atoms with Crippen LogP contribution >= 0.6 is 0 Å². The van der Waals surface area contributed by atoms with E-state index in [2.05, 4.69) is 16.0 Å². The van der Waals surface area contributed by atoms with Gasteiger partial charge in [0.25, 0.3) is 0 Å². The largest absolute Gasteiger partial charge is 0.341 e. The third kappa shape index (κ3) is 4.89. The fourth-order valence-corrected chi connectivity index (χ4v) is 0.337. The van der Waals surface area contributed by atoms with Crippen LogP contribution in [0.1, 0.15) is 6.92 Å². The molecule has 0 bridgehead atoms. The average molecular weight is 145 g/mol. The SMILES string of the molecule is CNC(=O)NCNC(C)=O. The molecule has 0 aromatic carbocycles. The van der Waals surface area contributed by atoms with Gasteiger partial charge in [-0.15, -0.1) is 0 Å². The van der Waals surface area contributed by atoms with Crippen molar-refractivity contribution in [1.29, 1.82) is 0 Å². The molecular formula is C5H11N3O2. The van der Waals surface area contributed by atoms with Crippen molar-refractivity contribution in [2.45, 2.75) is 6.92 Å². The molecule has 0 saturated heterocycles. The predicted octanol–water partition coefficient (Wildman–Crippen LogP) is -0.991. The Balaban J connectivity index is 3.20. The third-order valence-electron chi connectivity index (χ3n) is 0.813. The number of urea groups is 1. The van der Waals surface area contributed by atoms with E-state index < -0.39 is 0 Å². The van der Waals surface area contributed by atoms with E-state index >= 15 is 0 Å². The van der Waals surface area contributed by atoms with Crippen molar-refractivity contribution in [3.05, 3.63) is 0 Å². The van der Waals surface area contributed by atoms with E-state index in [1.165, 1.54) is 14.0 Å². The van der Waals surface area contributed by atoms with Gasteiger partial charge in [0.2, 0.25) is 5.91 Å². The lowest BCUT2D eigenvalue weighted by atomic mass is 10.7. The van der Waals surface area contributed by atoms with Crippen molar-refractivity contribution < 1.29 is 9.59 Å². The Kier molecular flexibility index (Phi) is 4.02. The molecule has 58 valence electrons. The summed E-state index contributed by atoms with van der Waals surface area (Å²) >= 11 is 0. The van der Waals surface area contributed by atoms with Crippen LogP contribution in [0.3, 0.4) is 0 Å². The van der Waals surface area contributed by atoms with E-state index in [0.29, 0.717) is 0 Å². The predicted molar refractivity (Wildman–Crippen MR) is 36.3 cm³/mol. The summed E-state index contributed by atoms with van der Waals surface area (Å²) in [6.45, 7) is 1.54. The zero-order valence-corrected chi connectivity index (χ0v) is 6.02. The first kappa shape index (κ1) is 8.74. The van der Waals surface area contributed by atoms with Crippen LogP contribution in [0.4, 0.5) is 4.79 Å². The topological polar surface area (TPSA) is 70.2 Å². The average Bonchev–Trinajstić information content (AvgIpc) is 1.87. The highest BCUT2D eigenvalue weighted by molar-refractivity contribution is 5.75. The van der Waals surface area contributed by atoms with Crippen molar-refractivity contribution in [2.75, 3.05) is 13.7 Å². The van der Waals surface area contributed by atoms with Crippen molar-refractivity contribution >= 4 is 11.9 Å². The van der Waals surface area contributed by atoms with Gasteiger partial charge in [-0.2, -0.15) is 0 Å². The van der Waals surface area contributed by atoms with Gasteiger partial charge in [0.1, 0.15) is 0 Å². The van der Waals surface area contributed by atoms with Gasteiger partial charge in [0.05, 0.1) is 6.67 Å². The summed E-state index contributed by atoms with van der Waals surface area (Å²) in [6.07, 6.45) is 0. The van der Waals surface area contributed by atoms with E-state index in [0.717, 1.165) is 0 Å². The molecule has 0 saturated carbocycles. The van der Waals surface area contributed by atoms with Crippen LogP contribution in [0.15, 0.2) is 0 Å². The summed E-state index contributed by atoms with van der Waals surface area (Å²) in [5, 5.41) is 7.12. The first-order valence-electron chi connectivity index (χ1n) is 2.87. The molecule has 0 aromatic rings. The molecule has 0 radical (unpaired) electrons. The second-order valence-electron chi connectivity index (χ2n) is 1.67. The van der Waals surface area contributed by atoms with E-state index in [1.807, 2.05) is 0 Å². The second kappa shape index (κ2) is 4.60. The Labute approximate surface area is 59.2 Å². The number of rotatable bonds is 2. The first-order valence-corrected chi connectivity index (χ1v) is 2.87. The molecule has 3 N–H and O–H groups in total. The normalized spacial score (nSPS) is 8.20. The molecule has 0 atom stereocenters. The minimum atomic E-state index is -0.311. The molecular weight excluding hydrogens is 134 g/mol. The summed E-state index contributed by atoms with van der Waals surface area (Å²) < 4.78 is 0. The van der Waals surface area contributed by atoms with Crippen LogP contribution in [0.25, 0.3) is 0 Å². The van der Waals surface area contributed by atoms with E-state index in [4.69, 9.17) is 0 Å². The van der Waals surface area contributed by atoms with Gasteiger partial charge in [0.15, 0.2) is 0 Å². The lowest BCUT2D eigenvalue weighted by Gasteiger charge is -2.03. The minimum absolute atomic E-state index is 0.162. The standard InChI is InChI=1S/C5H11N3O2/c1-4(9)7-3-8-5(10)6-2/h3H2,1-2H3,(H,7,9)(H2,6,8,10). The van der Waals surface area contributed by atoms with Gasteiger partial charge in [-0.3, -0.25) is 4.79 Å². The molecule has 0 aliphatic heterocycles. The Hall–Kier alpha value is -1.26. The molecule has 0 spiro atoms. The van der Waals surface area contributed by atoms with E-state index in [9.17, 15) is 9.59 Å². The maximum atomic E-state index is 10.4. The van der Waals surface area contributed by atoms with Gasteiger partial charge in [-0.25, -0.2) is 4.79 Å². The van der Waals surface area contributed by atoms with Crippen LogP contribution in [-0.2, 0) is 4.79 Å². The zero-order chi connectivity index (χ0) is 7.98. The summed E-state index contributed by atoms with van der Waals surface area (Å²) in [7, 11) is 1.50.